The lowest BCUT2D eigenvalue weighted by Crippen LogP contribution is -2.35. The number of hydrogen-bond donors (Lipinski definition) is 1. The smallest absolute Gasteiger partial charge is 0.251 e. The molecule has 3 nitrogen and oxygen atoms in total. The predicted molar refractivity (Wildman–Crippen MR) is 86.4 cm³/mol. The van der Waals surface area contributed by atoms with Crippen LogP contribution in [0.15, 0.2) is 24.3 Å². The Kier molecular flexibility index (Phi) is 6.10. The Balaban J connectivity index is 1.74. The topological polar surface area (TPSA) is 32.3 Å². The molecule has 1 fully saturated rings. The molecule has 2 rings (SSSR count). The molecule has 1 amide bonds. The Morgan fingerprint density at radius 2 is 1.95 bits per heavy atom. The van der Waals surface area contributed by atoms with Crippen LogP contribution in [0.25, 0.3) is 0 Å². The summed E-state index contributed by atoms with van der Waals surface area (Å²) in [5.74, 6) is 0.0355. The fourth-order valence-corrected chi connectivity index (χ4v) is 2.96. The van der Waals surface area contributed by atoms with Crippen LogP contribution in [-0.4, -0.2) is 37.0 Å². The van der Waals surface area contributed by atoms with Gasteiger partial charge in [0, 0.05) is 22.2 Å². The third-order valence-electron chi connectivity index (χ3n) is 3.50. The number of rotatable bonds is 4. The van der Waals surface area contributed by atoms with E-state index in [1.807, 2.05) is 24.3 Å². The van der Waals surface area contributed by atoms with Gasteiger partial charge in [0.1, 0.15) is 0 Å². The summed E-state index contributed by atoms with van der Waals surface area (Å²) in [6, 6.07) is 7.70. The molecule has 0 radical (unpaired) electrons. The zero-order valence-corrected chi connectivity index (χ0v) is 13.4. The minimum absolute atomic E-state index is 0.0355. The van der Waals surface area contributed by atoms with Gasteiger partial charge in [-0.1, -0.05) is 18.9 Å². The second-order valence-corrected chi connectivity index (χ2v) is 6.27. The van der Waals surface area contributed by atoms with Crippen LogP contribution < -0.4 is 5.32 Å². The molecule has 0 spiro atoms. The summed E-state index contributed by atoms with van der Waals surface area (Å²) in [5, 5.41) is 3.01. The highest BCUT2D eigenvalue weighted by Crippen LogP contribution is 2.09. The van der Waals surface area contributed by atoms with Crippen LogP contribution in [0.4, 0.5) is 0 Å². The van der Waals surface area contributed by atoms with Gasteiger partial charge in [-0.3, -0.25) is 4.79 Å². The van der Waals surface area contributed by atoms with Gasteiger partial charge in [0.2, 0.25) is 0 Å². The van der Waals surface area contributed by atoms with E-state index < -0.39 is 0 Å². The normalized spacial score (nSPS) is 16.9. The van der Waals surface area contributed by atoms with E-state index >= 15 is 0 Å². The monoisotopic (exact) mass is 372 g/mol. The number of carbonyl (C=O) groups excluding carboxylic acids is 1. The summed E-state index contributed by atoms with van der Waals surface area (Å²) >= 11 is 2.23. The molecular formula is C15H21IN2O. The average molecular weight is 372 g/mol. The third kappa shape index (κ3) is 5.10. The Hall–Kier alpha value is -0.620. The lowest BCUT2D eigenvalue weighted by atomic mass is 10.2. The first-order valence-electron chi connectivity index (χ1n) is 7.02. The molecule has 0 aromatic heterocycles. The van der Waals surface area contributed by atoms with Crippen molar-refractivity contribution in [3.63, 3.8) is 0 Å². The van der Waals surface area contributed by atoms with Gasteiger partial charge < -0.3 is 10.2 Å². The number of amides is 1. The molecular weight excluding hydrogens is 351 g/mol. The van der Waals surface area contributed by atoms with Crippen LogP contribution in [0.3, 0.4) is 0 Å². The largest absolute Gasteiger partial charge is 0.351 e. The van der Waals surface area contributed by atoms with E-state index in [-0.39, 0.29) is 5.91 Å². The van der Waals surface area contributed by atoms with E-state index in [4.69, 9.17) is 0 Å². The number of nitrogens with one attached hydrogen (secondary N) is 1. The molecule has 1 heterocycles. The van der Waals surface area contributed by atoms with Gasteiger partial charge in [-0.05, 0) is 66.7 Å². The zero-order chi connectivity index (χ0) is 13.5. The van der Waals surface area contributed by atoms with Crippen molar-refractivity contribution in [2.75, 3.05) is 26.2 Å². The van der Waals surface area contributed by atoms with Crippen LogP contribution in [0.5, 0.6) is 0 Å². The lowest BCUT2D eigenvalue weighted by Gasteiger charge is -2.19. The minimum atomic E-state index is 0.0355. The van der Waals surface area contributed by atoms with Crippen LogP contribution in [0.1, 0.15) is 36.0 Å². The van der Waals surface area contributed by atoms with Crippen molar-refractivity contribution in [3.8, 4) is 0 Å². The quantitative estimate of drug-likeness (QED) is 0.825. The molecule has 4 heteroatoms. The van der Waals surface area contributed by atoms with Crippen LogP contribution in [-0.2, 0) is 0 Å². The highest BCUT2D eigenvalue weighted by atomic mass is 127. The minimum Gasteiger partial charge on any atom is -0.351 e. The maximum absolute atomic E-state index is 12.0. The zero-order valence-electron chi connectivity index (χ0n) is 11.2. The SMILES string of the molecule is O=C(NCCN1CCCCCC1)c1cccc(I)c1. The van der Waals surface area contributed by atoms with Gasteiger partial charge in [0.15, 0.2) is 0 Å². The first kappa shape index (κ1) is 14.8. The van der Waals surface area contributed by atoms with Gasteiger partial charge >= 0.3 is 0 Å². The maximum Gasteiger partial charge on any atom is 0.251 e. The molecule has 1 N–H and O–H groups in total. The Labute approximate surface area is 128 Å². The Bertz CT molecular complexity index is 414. The molecule has 1 aliphatic heterocycles. The van der Waals surface area contributed by atoms with Gasteiger partial charge in [0.05, 0.1) is 0 Å². The number of nitrogens with zero attached hydrogens (tertiary/aromatic N) is 1. The van der Waals surface area contributed by atoms with Crippen molar-refractivity contribution < 1.29 is 4.79 Å². The molecule has 0 aliphatic carbocycles. The van der Waals surface area contributed by atoms with Gasteiger partial charge in [-0.15, -0.1) is 0 Å². The fraction of sp³-hybridized carbons (Fsp3) is 0.533. The molecule has 1 aromatic rings. The second kappa shape index (κ2) is 7.85. The van der Waals surface area contributed by atoms with Crippen LogP contribution >= 0.6 is 22.6 Å². The average Bonchev–Trinajstić information content (AvgIpc) is 2.67. The van der Waals surface area contributed by atoms with E-state index in [1.165, 1.54) is 38.8 Å². The van der Waals surface area contributed by atoms with Gasteiger partial charge in [0.25, 0.3) is 5.91 Å². The lowest BCUT2D eigenvalue weighted by molar-refractivity contribution is 0.0948. The number of hydrogen-bond acceptors (Lipinski definition) is 2. The standard InChI is InChI=1S/C15H21IN2O/c16-14-7-5-6-13(12-14)15(19)17-8-11-18-9-3-1-2-4-10-18/h5-7,12H,1-4,8-11H2,(H,17,19). The van der Waals surface area contributed by atoms with Crippen molar-refractivity contribution in [2.24, 2.45) is 0 Å². The molecule has 19 heavy (non-hydrogen) atoms. The maximum atomic E-state index is 12.0. The number of carbonyl (C=O) groups is 1. The second-order valence-electron chi connectivity index (χ2n) is 5.02. The molecule has 104 valence electrons. The molecule has 1 aromatic carbocycles. The van der Waals surface area contributed by atoms with Crippen molar-refractivity contribution >= 4 is 28.5 Å². The number of likely N-dealkylation sites (tertiary alicyclic amines) is 1. The predicted octanol–water partition coefficient (Wildman–Crippen LogP) is 2.90. The fourth-order valence-electron chi connectivity index (χ4n) is 2.42. The van der Waals surface area contributed by atoms with Crippen molar-refractivity contribution in [2.45, 2.75) is 25.7 Å². The first-order chi connectivity index (χ1) is 9.25. The molecule has 0 atom stereocenters. The summed E-state index contributed by atoms with van der Waals surface area (Å²) in [6.45, 7) is 4.07. The van der Waals surface area contributed by atoms with Crippen LogP contribution in [0, 0.1) is 3.57 Å². The van der Waals surface area contributed by atoms with E-state index in [0.29, 0.717) is 0 Å². The summed E-state index contributed by atoms with van der Waals surface area (Å²) < 4.78 is 1.10. The number of benzene rings is 1. The molecule has 0 bridgehead atoms. The van der Waals surface area contributed by atoms with E-state index in [1.54, 1.807) is 0 Å². The Morgan fingerprint density at radius 3 is 2.63 bits per heavy atom. The molecule has 1 aliphatic rings. The number of halogens is 1. The highest BCUT2D eigenvalue weighted by molar-refractivity contribution is 14.1. The summed E-state index contributed by atoms with van der Waals surface area (Å²) in [6.07, 6.45) is 5.30. The first-order valence-corrected chi connectivity index (χ1v) is 8.10. The van der Waals surface area contributed by atoms with E-state index in [0.717, 1.165) is 22.2 Å². The summed E-state index contributed by atoms with van der Waals surface area (Å²) in [5.41, 5.74) is 0.753. The molecule has 1 saturated heterocycles. The van der Waals surface area contributed by atoms with Crippen molar-refractivity contribution in [3.05, 3.63) is 33.4 Å². The van der Waals surface area contributed by atoms with Crippen molar-refractivity contribution in [1.29, 1.82) is 0 Å². The Morgan fingerprint density at radius 1 is 1.21 bits per heavy atom. The van der Waals surface area contributed by atoms with Crippen molar-refractivity contribution in [1.82, 2.24) is 10.2 Å². The highest BCUT2D eigenvalue weighted by Gasteiger charge is 2.09. The van der Waals surface area contributed by atoms with E-state index in [9.17, 15) is 4.79 Å². The summed E-state index contributed by atoms with van der Waals surface area (Å²) in [4.78, 5) is 14.4. The van der Waals surface area contributed by atoms with E-state index in [2.05, 4.69) is 32.8 Å². The molecule has 0 unspecified atom stereocenters. The van der Waals surface area contributed by atoms with Crippen LogP contribution in [0.2, 0.25) is 0 Å². The van der Waals surface area contributed by atoms with Gasteiger partial charge in [-0.2, -0.15) is 0 Å². The third-order valence-corrected chi connectivity index (χ3v) is 4.17. The summed E-state index contributed by atoms with van der Waals surface area (Å²) in [7, 11) is 0. The van der Waals surface area contributed by atoms with Gasteiger partial charge in [-0.25, -0.2) is 0 Å². The molecule has 0 saturated carbocycles.